The average Bonchev–Trinajstić information content (AvgIpc) is 3.37. The number of hydrogen-bond donors (Lipinski definition) is 1. The zero-order chi connectivity index (χ0) is 27.4. The number of fused-ring (bicyclic) bond motifs is 1. The molecule has 0 saturated heterocycles. The summed E-state index contributed by atoms with van der Waals surface area (Å²) in [5.41, 5.74) is 1.03. The van der Waals surface area contributed by atoms with E-state index in [9.17, 15) is 18.8 Å². The molecule has 196 valence electrons. The van der Waals surface area contributed by atoms with Crippen molar-refractivity contribution in [2.75, 3.05) is 11.9 Å². The fraction of sp³-hybridized carbons (Fsp3) is 0.133. The molecule has 0 spiro atoms. The molecule has 3 aromatic carbocycles. The minimum Gasteiger partial charge on any atom is -0.461 e. The lowest BCUT2D eigenvalue weighted by molar-refractivity contribution is -0.116. The van der Waals surface area contributed by atoms with Gasteiger partial charge in [-0.15, -0.1) is 11.3 Å². The molecule has 39 heavy (non-hydrogen) atoms. The van der Waals surface area contributed by atoms with E-state index in [-0.39, 0.29) is 52.0 Å². The molecule has 7 nitrogen and oxygen atoms in total. The number of aromatic nitrogens is 2. The second kappa shape index (κ2) is 11.4. The molecule has 0 radical (unpaired) electrons. The van der Waals surface area contributed by atoms with Crippen LogP contribution in [-0.4, -0.2) is 28.3 Å². The van der Waals surface area contributed by atoms with E-state index in [1.807, 2.05) is 60.7 Å². The molecule has 1 N–H and O–H groups in total. The molecule has 0 unspecified atom stereocenters. The highest BCUT2D eigenvalue weighted by molar-refractivity contribution is 7.16. The van der Waals surface area contributed by atoms with Gasteiger partial charge in [0.2, 0.25) is 5.91 Å². The second-order valence-electron chi connectivity index (χ2n) is 8.72. The van der Waals surface area contributed by atoms with Gasteiger partial charge in [-0.1, -0.05) is 72.8 Å². The Morgan fingerprint density at radius 1 is 0.974 bits per heavy atom. The summed E-state index contributed by atoms with van der Waals surface area (Å²) >= 11 is 1.09. The van der Waals surface area contributed by atoms with Crippen LogP contribution in [0, 0.1) is 5.82 Å². The molecule has 9 heteroatoms. The Hall–Kier alpha value is -4.63. The summed E-state index contributed by atoms with van der Waals surface area (Å²) in [6, 6.07) is 25.0. The van der Waals surface area contributed by atoms with Crippen LogP contribution in [0.2, 0.25) is 0 Å². The maximum Gasteiger partial charge on any atom is 0.359 e. The third kappa shape index (κ3) is 5.35. The van der Waals surface area contributed by atoms with Crippen molar-refractivity contribution in [3.05, 3.63) is 123 Å². The standard InChI is InChI=1S/C30H24FN3O4S/c1-2-38-30(37)27-22-18-39-28(26(22)29(36)34(33-27)24-16-10-9-15-23(24)31)32-25(35)17-21(19-11-5-3-6-12-19)20-13-7-4-8-14-20/h3-16,18,21H,2,17H2,1H3,(H,32,35). The zero-order valence-electron chi connectivity index (χ0n) is 21.0. The van der Waals surface area contributed by atoms with E-state index in [1.165, 1.54) is 18.2 Å². The molecule has 0 aliphatic rings. The number of carbonyl (C=O) groups is 2. The summed E-state index contributed by atoms with van der Waals surface area (Å²) in [6.07, 6.45) is 0.116. The Morgan fingerprint density at radius 3 is 2.21 bits per heavy atom. The monoisotopic (exact) mass is 541 g/mol. The van der Waals surface area contributed by atoms with E-state index in [2.05, 4.69) is 10.4 Å². The normalized spacial score (nSPS) is 11.1. The molecule has 1 amide bonds. The molecular weight excluding hydrogens is 517 g/mol. The van der Waals surface area contributed by atoms with Crippen molar-refractivity contribution in [3.8, 4) is 5.69 Å². The molecule has 0 atom stereocenters. The van der Waals surface area contributed by atoms with Gasteiger partial charge in [0.25, 0.3) is 5.56 Å². The Labute approximate surface area is 227 Å². The van der Waals surface area contributed by atoms with Crippen molar-refractivity contribution >= 4 is 39.0 Å². The molecule has 0 aliphatic heterocycles. The lowest BCUT2D eigenvalue weighted by Gasteiger charge is -2.18. The maximum absolute atomic E-state index is 14.7. The fourth-order valence-electron chi connectivity index (χ4n) is 4.44. The number of nitrogens with zero attached hydrogens (tertiary/aromatic N) is 2. The minimum atomic E-state index is -0.753. The van der Waals surface area contributed by atoms with Crippen molar-refractivity contribution in [3.63, 3.8) is 0 Å². The Bertz CT molecular complexity index is 1660. The van der Waals surface area contributed by atoms with Crippen LogP contribution >= 0.6 is 11.3 Å². The summed E-state index contributed by atoms with van der Waals surface area (Å²) < 4.78 is 20.6. The number of nitrogens with one attached hydrogen (secondary N) is 1. The number of benzene rings is 3. The molecule has 2 aromatic heterocycles. The highest BCUT2D eigenvalue weighted by atomic mass is 32.1. The largest absolute Gasteiger partial charge is 0.461 e. The maximum atomic E-state index is 14.7. The van der Waals surface area contributed by atoms with Crippen LogP contribution in [0.4, 0.5) is 9.39 Å². The van der Waals surface area contributed by atoms with Crippen molar-refractivity contribution in [2.45, 2.75) is 19.3 Å². The highest BCUT2D eigenvalue weighted by Gasteiger charge is 2.25. The number of thiophene rings is 1. The second-order valence-corrected chi connectivity index (χ2v) is 9.60. The fourth-order valence-corrected chi connectivity index (χ4v) is 5.39. The number of para-hydroxylation sites is 1. The average molecular weight is 542 g/mol. The number of amides is 1. The number of ether oxygens (including phenoxy) is 1. The minimum absolute atomic E-state index is 0.0608. The summed E-state index contributed by atoms with van der Waals surface area (Å²) in [5.74, 6) is -1.97. The van der Waals surface area contributed by atoms with Gasteiger partial charge in [-0.2, -0.15) is 9.78 Å². The smallest absolute Gasteiger partial charge is 0.359 e. The van der Waals surface area contributed by atoms with Crippen LogP contribution < -0.4 is 10.9 Å². The van der Waals surface area contributed by atoms with Crippen molar-refractivity contribution in [2.24, 2.45) is 0 Å². The number of rotatable bonds is 8. The van der Waals surface area contributed by atoms with Gasteiger partial charge in [-0.05, 0) is 30.2 Å². The van der Waals surface area contributed by atoms with Gasteiger partial charge in [0, 0.05) is 23.1 Å². The SMILES string of the molecule is CCOC(=O)c1nn(-c2ccccc2F)c(=O)c2c(NC(=O)CC(c3ccccc3)c3ccccc3)scc12. The summed E-state index contributed by atoms with van der Waals surface area (Å²) in [5, 5.41) is 9.13. The summed E-state index contributed by atoms with van der Waals surface area (Å²) in [6.45, 7) is 1.74. The Morgan fingerprint density at radius 2 is 1.59 bits per heavy atom. The predicted octanol–water partition coefficient (Wildman–Crippen LogP) is 5.92. The van der Waals surface area contributed by atoms with Crippen LogP contribution in [-0.2, 0) is 9.53 Å². The first-order chi connectivity index (χ1) is 19.0. The molecule has 2 heterocycles. The quantitative estimate of drug-likeness (QED) is 0.246. The first-order valence-electron chi connectivity index (χ1n) is 12.3. The van der Waals surface area contributed by atoms with Crippen molar-refractivity contribution < 1.29 is 18.7 Å². The molecule has 5 aromatic rings. The van der Waals surface area contributed by atoms with Crippen LogP contribution in [0.3, 0.4) is 0 Å². The molecular formula is C30H24FN3O4S. The lowest BCUT2D eigenvalue weighted by Crippen LogP contribution is -2.26. The van der Waals surface area contributed by atoms with E-state index in [0.29, 0.717) is 0 Å². The van der Waals surface area contributed by atoms with Crippen LogP contribution in [0.25, 0.3) is 16.5 Å². The van der Waals surface area contributed by atoms with E-state index in [1.54, 1.807) is 18.4 Å². The number of halogens is 1. The van der Waals surface area contributed by atoms with Crippen LogP contribution in [0.1, 0.15) is 40.9 Å². The van der Waals surface area contributed by atoms with E-state index in [4.69, 9.17) is 4.74 Å². The van der Waals surface area contributed by atoms with Gasteiger partial charge in [-0.3, -0.25) is 9.59 Å². The predicted molar refractivity (Wildman–Crippen MR) is 149 cm³/mol. The van der Waals surface area contributed by atoms with Gasteiger partial charge in [0.15, 0.2) is 5.69 Å². The highest BCUT2D eigenvalue weighted by Crippen LogP contribution is 2.33. The summed E-state index contributed by atoms with van der Waals surface area (Å²) in [4.78, 5) is 39.7. The molecule has 0 fully saturated rings. The summed E-state index contributed by atoms with van der Waals surface area (Å²) in [7, 11) is 0. The first-order valence-corrected chi connectivity index (χ1v) is 13.2. The van der Waals surface area contributed by atoms with Gasteiger partial charge >= 0.3 is 5.97 Å². The third-order valence-electron chi connectivity index (χ3n) is 6.25. The van der Waals surface area contributed by atoms with Crippen LogP contribution in [0.15, 0.2) is 95.1 Å². The lowest BCUT2D eigenvalue weighted by atomic mass is 9.88. The first kappa shape index (κ1) is 26.0. The van der Waals surface area contributed by atoms with Gasteiger partial charge < -0.3 is 10.1 Å². The number of carbonyl (C=O) groups excluding carboxylic acids is 2. The van der Waals surface area contributed by atoms with E-state index < -0.39 is 17.3 Å². The third-order valence-corrected chi connectivity index (χ3v) is 7.14. The van der Waals surface area contributed by atoms with Crippen LogP contribution in [0.5, 0.6) is 0 Å². The topological polar surface area (TPSA) is 90.3 Å². The molecule has 5 rings (SSSR count). The van der Waals surface area contributed by atoms with Gasteiger partial charge in [0.05, 0.1) is 12.0 Å². The Kier molecular flexibility index (Phi) is 7.60. The number of anilines is 1. The molecule has 0 aliphatic carbocycles. The Balaban J connectivity index is 1.56. The van der Waals surface area contributed by atoms with Crippen molar-refractivity contribution in [1.29, 1.82) is 0 Å². The van der Waals surface area contributed by atoms with E-state index >= 15 is 0 Å². The van der Waals surface area contributed by atoms with Gasteiger partial charge in [0.1, 0.15) is 16.5 Å². The number of esters is 1. The zero-order valence-corrected chi connectivity index (χ0v) is 21.8. The van der Waals surface area contributed by atoms with E-state index in [0.717, 1.165) is 27.1 Å². The number of hydrogen-bond acceptors (Lipinski definition) is 6. The van der Waals surface area contributed by atoms with Crippen molar-refractivity contribution in [1.82, 2.24) is 9.78 Å². The van der Waals surface area contributed by atoms with Gasteiger partial charge in [-0.25, -0.2) is 9.18 Å². The molecule has 0 bridgehead atoms. The molecule has 0 saturated carbocycles.